The van der Waals surface area contributed by atoms with Gasteiger partial charge in [-0.05, 0) is 34.8 Å². The van der Waals surface area contributed by atoms with Crippen LogP contribution in [0, 0.1) is 0 Å². The van der Waals surface area contributed by atoms with Crippen LogP contribution in [0.4, 0.5) is 4.79 Å². The van der Waals surface area contributed by atoms with Crippen LogP contribution in [0.15, 0.2) is 9.85 Å². The predicted octanol–water partition coefficient (Wildman–Crippen LogP) is 2.54. The maximum atomic E-state index is 11.0. The van der Waals surface area contributed by atoms with E-state index >= 15 is 0 Å². The molecule has 1 fully saturated rings. The maximum absolute atomic E-state index is 11.0. The van der Waals surface area contributed by atoms with Gasteiger partial charge in [-0.3, -0.25) is 0 Å². The number of hydrogen-bond donors (Lipinski definition) is 2. The Labute approximate surface area is 122 Å². The first-order valence-electron chi connectivity index (χ1n) is 6.11. The summed E-state index contributed by atoms with van der Waals surface area (Å²) in [5.74, 6) is 0. The molecule has 1 atom stereocenters. The van der Waals surface area contributed by atoms with Gasteiger partial charge >= 0.3 is 6.09 Å². The lowest BCUT2D eigenvalue weighted by Gasteiger charge is -2.43. The van der Waals surface area contributed by atoms with E-state index in [1.54, 1.807) is 11.3 Å². The summed E-state index contributed by atoms with van der Waals surface area (Å²) in [6.45, 7) is 1.23. The number of nitrogens with zero attached hydrogens (tertiary/aromatic N) is 1. The number of carbonyl (C=O) groups is 1. The Morgan fingerprint density at radius 2 is 2.21 bits per heavy atom. The molecule has 7 heteroatoms. The molecule has 2 aliphatic rings. The van der Waals surface area contributed by atoms with E-state index in [4.69, 9.17) is 9.84 Å². The molecular formula is C12H14BrNO4S. The summed E-state index contributed by atoms with van der Waals surface area (Å²) in [7, 11) is 0. The largest absolute Gasteiger partial charge is 0.465 e. The third kappa shape index (κ3) is 2.18. The monoisotopic (exact) mass is 347 g/mol. The Kier molecular flexibility index (Phi) is 3.33. The first-order chi connectivity index (χ1) is 9.02. The molecule has 1 amide bonds. The molecule has 5 nitrogen and oxygen atoms in total. The fourth-order valence-electron chi connectivity index (χ4n) is 2.80. The Hall–Kier alpha value is -0.630. The van der Waals surface area contributed by atoms with Gasteiger partial charge in [0.25, 0.3) is 0 Å². The van der Waals surface area contributed by atoms with Crippen molar-refractivity contribution in [3.8, 4) is 0 Å². The van der Waals surface area contributed by atoms with Crippen LogP contribution in [0.2, 0.25) is 0 Å². The van der Waals surface area contributed by atoms with Gasteiger partial charge in [0.2, 0.25) is 0 Å². The fraction of sp³-hybridized carbons (Fsp3) is 0.583. The number of halogens is 1. The van der Waals surface area contributed by atoms with Crippen molar-refractivity contribution < 1.29 is 19.7 Å². The summed E-state index contributed by atoms with van der Waals surface area (Å²) in [5.41, 5.74) is 0.504. The quantitative estimate of drug-likeness (QED) is 0.756. The second kappa shape index (κ2) is 4.73. The zero-order valence-electron chi connectivity index (χ0n) is 10.1. The van der Waals surface area contributed by atoms with E-state index in [2.05, 4.69) is 15.9 Å². The van der Waals surface area contributed by atoms with Crippen LogP contribution in [-0.2, 0) is 10.3 Å². The maximum Gasteiger partial charge on any atom is 0.407 e. The van der Waals surface area contributed by atoms with E-state index in [-0.39, 0.29) is 6.61 Å². The average molecular weight is 348 g/mol. The highest BCUT2D eigenvalue weighted by Gasteiger charge is 2.45. The Balaban J connectivity index is 1.90. The second-order valence-electron chi connectivity index (χ2n) is 4.93. The van der Waals surface area contributed by atoms with Crippen molar-refractivity contribution >= 4 is 33.4 Å². The number of likely N-dealkylation sites (tertiary alicyclic amines) is 1. The van der Waals surface area contributed by atoms with Crippen molar-refractivity contribution in [3.63, 3.8) is 0 Å². The van der Waals surface area contributed by atoms with Gasteiger partial charge in [-0.15, -0.1) is 11.3 Å². The lowest BCUT2D eigenvalue weighted by molar-refractivity contribution is -0.125. The van der Waals surface area contributed by atoms with Crippen molar-refractivity contribution in [2.75, 3.05) is 19.7 Å². The molecule has 0 radical (unpaired) electrons. The summed E-state index contributed by atoms with van der Waals surface area (Å²) >= 11 is 5.03. The van der Waals surface area contributed by atoms with Gasteiger partial charge in [-0.25, -0.2) is 4.79 Å². The van der Waals surface area contributed by atoms with Gasteiger partial charge in [0.1, 0.15) is 11.7 Å². The zero-order valence-corrected chi connectivity index (χ0v) is 12.5. The minimum Gasteiger partial charge on any atom is -0.465 e. The number of fused-ring (bicyclic) bond motifs is 2. The van der Waals surface area contributed by atoms with Gasteiger partial charge < -0.3 is 19.8 Å². The van der Waals surface area contributed by atoms with Crippen molar-refractivity contribution in [1.82, 2.24) is 4.90 Å². The highest BCUT2D eigenvalue weighted by Crippen LogP contribution is 2.48. The molecule has 2 aliphatic heterocycles. The lowest BCUT2D eigenvalue weighted by Crippen LogP contribution is -2.48. The van der Waals surface area contributed by atoms with Gasteiger partial charge in [-0.2, -0.15) is 0 Å². The van der Waals surface area contributed by atoms with Gasteiger partial charge in [0, 0.05) is 23.5 Å². The van der Waals surface area contributed by atoms with Crippen LogP contribution in [0.25, 0.3) is 0 Å². The van der Waals surface area contributed by atoms with E-state index in [9.17, 15) is 9.90 Å². The summed E-state index contributed by atoms with van der Waals surface area (Å²) in [6, 6.07) is 1.94. The number of hydrogen-bond acceptors (Lipinski definition) is 4. The molecule has 1 aromatic rings. The van der Waals surface area contributed by atoms with E-state index in [1.165, 1.54) is 4.90 Å². The Morgan fingerprint density at radius 3 is 2.84 bits per heavy atom. The molecule has 2 N–H and O–H groups in total. The van der Waals surface area contributed by atoms with E-state index < -0.39 is 17.8 Å². The number of carboxylic acid groups (broad SMARTS) is 1. The first kappa shape index (κ1) is 13.4. The zero-order chi connectivity index (χ0) is 13.6. The van der Waals surface area contributed by atoms with Crippen LogP contribution < -0.4 is 0 Å². The molecule has 0 bridgehead atoms. The van der Waals surface area contributed by atoms with Crippen LogP contribution in [0.3, 0.4) is 0 Å². The van der Waals surface area contributed by atoms with Crippen molar-refractivity contribution in [1.29, 1.82) is 0 Å². The summed E-state index contributed by atoms with van der Waals surface area (Å²) in [5, 5.41) is 19.0. The number of ether oxygens (including phenoxy) is 1. The van der Waals surface area contributed by atoms with Gasteiger partial charge in [0.05, 0.1) is 10.4 Å². The predicted molar refractivity (Wildman–Crippen MR) is 73.4 cm³/mol. The second-order valence-corrected chi connectivity index (χ2v) is 7.36. The topological polar surface area (TPSA) is 70.0 Å². The van der Waals surface area contributed by atoms with Crippen LogP contribution in [-0.4, -0.2) is 40.9 Å². The highest BCUT2D eigenvalue weighted by atomic mass is 79.9. The van der Waals surface area contributed by atoms with Crippen LogP contribution in [0.1, 0.15) is 29.4 Å². The molecule has 0 saturated carbocycles. The number of thiophene rings is 1. The van der Waals surface area contributed by atoms with Gasteiger partial charge in [0.15, 0.2) is 0 Å². The smallest absolute Gasteiger partial charge is 0.407 e. The third-order valence-electron chi connectivity index (χ3n) is 3.86. The van der Waals surface area contributed by atoms with Crippen LogP contribution >= 0.6 is 27.3 Å². The number of piperidine rings is 1. The normalized spacial score (nSPS) is 25.4. The fourth-order valence-corrected chi connectivity index (χ4v) is 4.68. The summed E-state index contributed by atoms with van der Waals surface area (Å²) < 4.78 is 6.88. The Morgan fingerprint density at radius 1 is 1.53 bits per heavy atom. The van der Waals surface area contributed by atoms with Crippen molar-refractivity contribution in [2.24, 2.45) is 0 Å². The molecule has 19 heavy (non-hydrogen) atoms. The van der Waals surface area contributed by atoms with Crippen molar-refractivity contribution in [2.45, 2.75) is 24.5 Å². The molecular weight excluding hydrogens is 334 g/mol. The molecule has 1 aromatic heterocycles. The lowest BCUT2D eigenvalue weighted by atomic mass is 9.85. The molecule has 3 rings (SSSR count). The molecule has 1 saturated heterocycles. The SMILES string of the molecule is O=C(O)N1CCC2(CC1)OCC(O)c1cc(Br)sc12. The molecule has 104 valence electrons. The van der Waals surface area contributed by atoms with Crippen LogP contribution in [0.5, 0.6) is 0 Å². The third-order valence-corrected chi connectivity index (χ3v) is 5.70. The minimum atomic E-state index is -0.877. The number of aliphatic hydroxyl groups is 1. The van der Waals surface area contributed by atoms with E-state index in [0.717, 1.165) is 14.2 Å². The highest BCUT2D eigenvalue weighted by molar-refractivity contribution is 9.11. The number of rotatable bonds is 0. The van der Waals surface area contributed by atoms with E-state index in [1.807, 2.05) is 6.07 Å². The molecule has 0 aliphatic carbocycles. The molecule has 0 aromatic carbocycles. The molecule has 1 unspecified atom stereocenters. The van der Waals surface area contributed by atoms with Gasteiger partial charge in [-0.1, -0.05) is 0 Å². The van der Waals surface area contributed by atoms with E-state index in [0.29, 0.717) is 25.9 Å². The molecule has 1 spiro atoms. The summed E-state index contributed by atoms with van der Waals surface area (Å²) in [6.07, 6.45) is -0.170. The number of amides is 1. The average Bonchev–Trinajstić information content (AvgIpc) is 2.78. The number of aliphatic hydroxyl groups excluding tert-OH is 1. The minimum absolute atomic E-state index is 0.281. The summed E-state index contributed by atoms with van der Waals surface area (Å²) in [4.78, 5) is 13.4. The molecule has 3 heterocycles. The Bertz CT molecular complexity index is 510. The first-order valence-corrected chi connectivity index (χ1v) is 7.72. The van der Waals surface area contributed by atoms with Crippen molar-refractivity contribution in [3.05, 3.63) is 20.3 Å². The standard InChI is InChI=1S/C12H14BrNO4S/c13-9-5-7-8(15)6-18-12(10(7)19-9)1-3-14(4-2-12)11(16)17/h5,8,15H,1-4,6H2,(H,16,17).